The fourth-order valence-electron chi connectivity index (χ4n) is 6.74. The van der Waals surface area contributed by atoms with E-state index in [0.717, 1.165) is 28.6 Å². The summed E-state index contributed by atoms with van der Waals surface area (Å²) in [5.74, 6) is 0.172. The molecule has 7 heterocycles. The number of nitrogens with two attached hydrogens (primary N) is 1. The van der Waals surface area contributed by atoms with E-state index in [-0.39, 0.29) is 46.1 Å². The first-order valence-electron chi connectivity index (χ1n) is 18.1. The lowest BCUT2D eigenvalue weighted by molar-refractivity contribution is -0.134. The van der Waals surface area contributed by atoms with Crippen LogP contribution in [0.1, 0.15) is 43.6 Å². The van der Waals surface area contributed by atoms with Gasteiger partial charge in [-0.1, -0.05) is 30.4 Å². The second kappa shape index (κ2) is 16.7. The number of H-pyrrole nitrogens is 1. The molecule has 2 unspecified atom stereocenters. The van der Waals surface area contributed by atoms with Gasteiger partial charge in [-0.25, -0.2) is 38.3 Å². The third kappa shape index (κ3) is 8.56. The highest BCUT2D eigenvalue weighted by molar-refractivity contribution is 8.56. The number of aromatic nitrogens is 8. The normalized spacial score (nSPS) is 31.6. The Kier molecular flexibility index (Phi) is 11.7. The van der Waals surface area contributed by atoms with E-state index in [2.05, 4.69) is 29.9 Å². The van der Waals surface area contributed by atoms with Gasteiger partial charge in [0, 0.05) is 12.2 Å². The molecular weight excluding hydrogens is 846 g/mol. The number of carbonyl (C=O) groups is 1. The predicted molar refractivity (Wildman–Crippen MR) is 202 cm³/mol. The number of esters is 1. The molecule has 0 saturated carbocycles. The molecule has 3 aliphatic heterocycles. The van der Waals surface area contributed by atoms with Crippen LogP contribution in [-0.2, 0) is 47.5 Å². The lowest BCUT2D eigenvalue weighted by Crippen LogP contribution is -2.36. The van der Waals surface area contributed by atoms with Crippen molar-refractivity contribution in [2.45, 2.75) is 81.7 Å². The number of halogens is 2. The second-order valence-electron chi connectivity index (χ2n) is 13.7. The molecular formula is C33H37F2N9O12P2S. The third-order valence-electron chi connectivity index (χ3n) is 9.57. The van der Waals surface area contributed by atoms with Gasteiger partial charge in [0.25, 0.3) is 12.1 Å². The first-order valence-corrected chi connectivity index (χ1v) is 23.0. The van der Waals surface area contributed by atoms with Gasteiger partial charge in [0.2, 0.25) is 0 Å². The van der Waals surface area contributed by atoms with Gasteiger partial charge in [0.1, 0.15) is 54.2 Å². The average Bonchev–Trinajstić information content (AvgIpc) is 3.96. The number of benzene rings is 1. The fourth-order valence-corrected chi connectivity index (χ4v) is 11.0. The summed E-state index contributed by atoms with van der Waals surface area (Å²) in [6.07, 6.45) is -10.3. The standard InChI is InChI=1S/C33H37F2N9O12P2S/c1-3-4-21(45)53-18-7-5-17(6-8-18)11-59-57(47)15-50-26-20(55-32(23(26)35)43-13-39-24-28(36)37-12-38-29(24)43)10-52-58(48,49)56-27-22(34)19(9-51-57)54-33(27)44-14-40-25-30(44)41-16(2)42-31(25)46/h5-8,12-14,19-20,22-23,26-27,32-33H,3-4,9-11,15H2,1-2H3,(H,48,49)(H2,36,37,38)(H,41,42,46)/t19-,20-,22-,23-,26-,27-,32-,33-,57?/m1/s1. The summed E-state index contributed by atoms with van der Waals surface area (Å²) in [7, 11) is -5.23. The van der Waals surface area contributed by atoms with E-state index in [9.17, 15) is 23.6 Å². The minimum Gasteiger partial charge on any atom is -0.427 e. The fraction of sp³-hybridized carbons (Fsp3) is 0.485. The summed E-state index contributed by atoms with van der Waals surface area (Å²) in [4.78, 5) is 58.6. The molecule has 4 aromatic heterocycles. The van der Waals surface area contributed by atoms with Crippen molar-refractivity contribution in [3.8, 4) is 5.75 Å². The van der Waals surface area contributed by atoms with Gasteiger partial charge < -0.3 is 39.1 Å². The number of ether oxygens (including phenoxy) is 4. The summed E-state index contributed by atoms with van der Waals surface area (Å²) >= 11 is 0.812. The molecule has 4 N–H and O–H groups in total. The average molecular weight is 884 g/mol. The number of hydrogen-bond acceptors (Lipinski definition) is 18. The molecule has 1 aromatic carbocycles. The third-order valence-corrected chi connectivity index (χ3v) is 14.6. The number of nitrogen functional groups attached to an aromatic ring is 1. The van der Waals surface area contributed by atoms with E-state index in [4.69, 9.17) is 38.3 Å². The number of alkyl halides is 2. The van der Waals surface area contributed by atoms with Crippen LogP contribution in [0.3, 0.4) is 0 Å². The molecule has 59 heavy (non-hydrogen) atoms. The second-order valence-corrected chi connectivity index (χ2v) is 19.9. The number of anilines is 1. The number of aryl methyl sites for hydroxylation is 1. The van der Waals surface area contributed by atoms with Crippen molar-refractivity contribution in [1.82, 2.24) is 39.0 Å². The van der Waals surface area contributed by atoms with Crippen LogP contribution in [0.5, 0.6) is 5.75 Å². The Labute approximate surface area is 336 Å². The molecule has 5 aromatic rings. The van der Waals surface area contributed by atoms with E-state index in [1.807, 2.05) is 6.92 Å². The smallest absolute Gasteiger partial charge is 0.427 e. The molecule has 316 valence electrons. The minimum atomic E-state index is -5.23. The van der Waals surface area contributed by atoms with Crippen molar-refractivity contribution in [3.05, 3.63) is 65.0 Å². The highest BCUT2D eigenvalue weighted by Gasteiger charge is 2.54. The number of nitrogens with zero attached hydrogens (tertiary/aromatic N) is 7. The molecule has 10 atom stereocenters. The molecule has 3 aliphatic rings. The van der Waals surface area contributed by atoms with Crippen LogP contribution in [0, 0.1) is 6.92 Å². The monoisotopic (exact) mass is 883 g/mol. The van der Waals surface area contributed by atoms with Crippen molar-refractivity contribution < 1.29 is 60.1 Å². The summed E-state index contributed by atoms with van der Waals surface area (Å²) in [5, 5.41) is 0. The van der Waals surface area contributed by atoms with Crippen LogP contribution >= 0.6 is 25.8 Å². The van der Waals surface area contributed by atoms with Crippen molar-refractivity contribution >= 4 is 59.9 Å². The van der Waals surface area contributed by atoms with Gasteiger partial charge in [-0.3, -0.25) is 32.3 Å². The van der Waals surface area contributed by atoms with Gasteiger partial charge in [0.05, 0.1) is 25.9 Å². The maximum absolute atomic E-state index is 16.6. The zero-order chi connectivity index (χ0) is 41.6. The van der Waals surface area contributed by atoms with Crippen LogP contribution in [0.15, 0.2) is 48.0 Å². The minimum absolute atomic E-state index is 0.0187. The number of phosphoric ester groups is 1. The first-order chi connectivity index (χ1) is 28.2. The first kappa shape index (κ1) is 41.5. The largest absolute Gasteiger partial charge is 0.472 e. The summed E-state index contributed by atoms with van der Waals surface area (Å²) in [5.41, 5.74) is 6.04. The Morgan fingerprint density at radius 1 is 0.983 bits per heavy atom. The van der Waals surface area contributed by atoms with Crippen LogP contribution < -0.4 is 16.0 Å². The van der Waals surface area contributed by atoms with Crippen molar-refractivity contribution in [1.29, 1.82) is 0 Å². The molecule has 3 saturated heterocycles. The number of imidazole rings is 2. The number of phosphoric acid groups is 1. The van der Waals surface area contributed by atoms with Crippen LogP contribution in [0.25, 0.3) is 22.3 Å². The van der Waals surface area contributed by atoms with Gasteiger partial charge in [0.15, 0.2) is 47.4 Å². The van der Waals surface area contributed by atoms with Gasteiger partial charge in [-0.05, 0) is 31.0 Å². The number of carbonyl (C=O) groups excluding carboxylic acids is 1. The maximum Gasteiger partial charge on any atom is 0.472 e. The van der Waals surface area contributed by atoms with Gasteiger partial charge in [-0.2, -0.15) is 0 Å². The molecule has 2 bridgehead atoms. The van der Waals surface area contributed by atoms with Gasteiger partial charge >= 0.3 is 13.8 Å². The number of aromatic amines is 1. The Balaban J connectivity index is 1.10. The quantitative estimate of drug-likeness (QED) is 0.113. The highest BCUT2D eigenvalue weighted by atomic mass is 32.7. The summed E-state index contributed by atoms with van der Waals surface area (Å²) < 4.78 is 104. The predicted octanol–water partition coefficient (Wildman–Crippen LogP) is 4.03. The molecule has 0 radical (unpaired) electrons. The SMILES string of the molecule is CCCC(=O)Oc1ccc(CSP2(=O)CO[C@H]3[C@@H](F)[C@H](n4cnc5c(N)ncnc54)O[C@@H]3COP(=O)(O)O[C@@H]3[C@H](F)[C@@H](CO2)O[C@H]3n2cnc3c(=O)[nH]c(C)nc32)cc1. The lowest BCUT2D eigenvalue weighted by atomic mass is 10.1. The zero-order valence-electron chi connectivity index (χ0n) is 31.1. The lowest BCUT2D eigenvalue weighted by Gasteiger charge is -2.26. The van der Waals surface area contributed by atoms with Crippen LogP contribution in [0.2, 0.25) is 0 Å². The number of hydrogen-bond donors (Lipinski definition) is 3. The maximum atomic E-state index is 16.6. The molecule has 0 aliphatic carbocycles. The van der Waals surface area contributed by atoms with Crippen molar-refractivity contribution in [2.24, 2.45) is 0 Å². The Morgan fingerprint density at radius 3 is 2.46 bits per heavy atom. The Hall–Kier alpha value is -4.22. The molecule has 8 rings (SSSR count). The van der Waals surface area contributed by atoms with E-state index < -0.39 is 94.7 Å². The molecule has 0 amide bonds. The highest BCUT2D eigenvalue weighted by Crippen LogP contribution is 2.62. The van der Waals surface area contributed by atoms with Crippen LogP contribution in [-0.4, -0.2) is 106 Å². The van der Waals surface area contributed by atoms with Crippen molar-refractivity contribution in [3.63, 3.8) is 0 Å². The van der Waals surface area contributed by atoms with E-state index >= 15 is 8.78 Å². The number of nitrogens with one attached hydrogen (secondary N) is 1. The van der Waals surface area contributed by atoms with Gasteiger partial charge in [-0.15, -0.1) is 0 Å². The Morgan fingerprint density at radius 2 is 1.69 bits per heavy atom. The number of fused-ring (bicyclic) bond motifs is 5. The molecule has 3 fully saturated rings. The van der Waals surface area contributed by atoms with Crippen LogP contribution in [0.4, 0.5) is 14.6 Å². The van der Waals surface area contributed by atoms with E-state index in [0.29, 0.717) is 17.7 Å². The molecule has 21 nitrogen and oxygen atoms in total. The van der Waals surface area contributed by atoms with Crippen molar-refractivity contribution in [2.75, 3.05) is 25.3 Å². The number of rotatable bonds is 8. The zero-order valence-corrected chi connectivity index (χ0v) is 33.7. The topological polar surface area (TPSA) is 269 Å². The Bertz CT molecular complexity index is 2510. The van der Waals surface area contributed by atoms with E-state index in [1.165, 1.54) is 17.8 Å². The molecule has 0 spiro atoms. The summed E-state index contributed by atoms with van der Waals surface area (Å²) in [6.45, 7) is -2.29. The molecule has 26 heteroatoms. The summed E-state index contributed by atoms with van der Waals surface area (Å²) in [6, 6.07) is 6.44. The van der Waals surface area contributed by atoms with E-state index in [1.54, 1.807) is 24.3 Å².